The van der Waals surface area contributed by atoms with Crippen LogP contribution < -0.4 is 10.6 Å². The summed E-state index contributed by atoms with van der Waals surface area (Å²) in [7, 11) is -3.06. The lowest BCUT2D eigenvalue weighted by Gasteiger charge is -2.10. The Morgan fingerprint density at radius 2 is 2.08 bits per heavy atom. The van der Waals surface area contributed by atoms with E-state index < -0.39 is 21.8 Å². The number of carbonyl (C=O) groups excluding carboxylic acids is 1. The number of amides is 1. The van der Waals surface area contributed by atoms with E-state index in [2.05, 4.69) is 20.6 Å². The van der Waals surface area contributed by atoms with E-state index >= 15 is 0 Å². The zero-order chi connectivity index (χ0) is 17.2. The van der Waals surface area contributed by atoms with Gasteiger partial charge in [0.15, 0.2) is 9.84 Å². The second-order valence-electron chi connectivity index (χ2n) is 5.50. The molecule has 7 nitrogen and oxygen atoms in total. The highest BCUT2D eigenvalue weighted by Crippen LogP contribution is 2.15. The molecule has 24 heavy (non-hydrogen) atoms. The molecule has 0 aliphatic carbocycles. The zero-order valence-electron chi connectivity index (χ0n) is 12.6. The first-order valence-corrected chi connectivity index (χ1v) is 9.09. The molecule has 2 aromatic rings. The number of aromatic nitrogens is 2. The molecule has 2 heterocycles. The molecule has 1 aliphatic rings. The Hall–Kier alpha value is -2.55. The normalized spacial score (nSPS) is 19.0. The largest absolute Gasteiger partial charge is 0.347 e. The third-order valence-electron chi connectivity index (χ3n) is 3.55. The summed E-state index contributed by atoms with van der Waals surface area (Å²) in [5.74, 6) is -0.455. The number of hydrogen-bond acceptors (Lipinski definition) is 6. The molecule has 126 valence electrons. The molecule has 1 unspecified atom stereocenters. The molecule has 1 saturated heterocycles. The van der Waals surface area contributed by atoms with E-state index in [1.54, 1.807) is 12.1 Å². The van der Waals surface area contributed by atoms with Crippen LogP contribution in [0.1, 0.15) is 16.9 Å². The van der Waals surface area contributed by atoms with Crippen LogP contribution in [-0.4, -0.2) is 41.8 Å². The molecule has 3 rings (SSSR count). The summed E-state index contributed by atoms with van der Waals surface area (Å²) in [5, 5.41) is 5.51. The van der Waals surface area contributed by atoms with E-state index in [-0.39, 0.29) is 23.0 Å². The second kappa shape index (κ2) is 6.52. The molecule has 0 bridgehead atoms. The van der Waals surface area contributed by atoms with Crippen LogP contribution in [0.15, 0.2) is 36.7 Å². The van der Waals surface area contributed by atoms with Crippen LogP contribution in [-0.2, 0) is 9.84 Å². The summed E-state index contributed by atoms with van der Waals surface area (Å²) < 4.78 is 35.9. The first-order valence-electron chi connectivity index (χ1n) is 7.27. The van der Waals surface area contributed by atoms with Crippen molar-refractivity contribution >= 4 is 27.2 Å². The molecule has 1 aliphatic heterocycles. The first kappa shape index (κ1) is 16.3. The number of rotatable bonds is 4. The van der Waals surface area contributed by atoms with Crippen molar-refractivity contribution in [3.63, 3.8) is 0 Å². The molecule has 1 aromatic carbocycles. The molecule has 0 radical (unpaired) electrons. The summed E-state index contributed by atoms with van der Waals surface area (Å²) in [6.07, 6.45) is 3.03. The standard InChI is InChI=1S/C15H15FN4O3S/c16-10-2-1-3-11(6-10)19-14-8-17-13(7-18-14)15(21)20-12-4-5-24(22,23)9-12/h1-3,6-8,12H,4-5,9H2,(H,18,19)(H,20,21). The van der Waals surface area contributed by atoms with Crippen molar-refractivity contribution in [2.75, 3.05) is 16.8 Å². The maximum Gasteiger partial charge on any atom is 0.271 e. The Balaban J connectivity index is 1.62. The topological polar surface area (TPSA) is 101 Å². The van der Waals surface area contributed by atoms with Crippen LogP contribution in [0.2, 0.25) is 0 Å². The Labute approximate surface area is 138 Å². The van der Waals surface area contributed by atoms with Gasteiger partial charge in [0.25, 0.3) is 5.91 Å². The van der Waals surface area contributed by atoms with Gasteiger partial charge < -0.3 is 10.6 Å². The third kappa shape index (κ3) is 4.05. The monoisotopic (exact) mass is 350 g/mol. The molecular weight excluding hydrogens is 335 g/mol. The highest BCUT2D eigenvalue weighted by Gasteiger charge is 2.29. The van der Waals surface area contributed by atoms with Gasteiger partial charge in [-0.15, -0.1) is 0 Å². The van der Waals surface area contributed by atoms with E-state index in [0.29, 0.717) is 17.9 Å². The van der Waals surface area contributed by atoms with Crippen LogP contribution in [0.4, 0.5) is 15.9 Å². The lowest BCUT2D eigenvalue weighted by atomic mass is 10.2. The van der Waals surface area contributed by atoms with E-state index in [9.17, 15) is 17.6 Å². The molecule has 0 saturated carbocycles. The van der Waals surface area contributed by atoms with Gasteiger partial charge in [-0.1, -0.05) is 6.07 Å². The number of carbonyl (C=O) groups is 1. The van der Waals surface area contributed by atoms with Gasteiger partial charge in [-0.05, 0) is 24.6 Å². The van der Waals surface area contributed by atoms with Crippen molar-refractivity contribution in [3.05, 3.63) is 48.2 Å². The first-order chi connectivity index (χ1) is 11.4. The smallest absolute Gasteiger partial charge is 0.271 e. The van der Waals surface area contributed by atoms with Crippen LogP contribution in [0, 0.1) is 5.82 Å². The average Bonchev–Trinajstić information content (AvgIpc) is 2.87. The van der Waals surface area contributed by atoms with Crippen molar-refractivity contribution in [2.45, 2.75) is 12.5 Å². The minimum atomic E-state index is -3.06. The summed E-state index contributed by atoms with van der Waals surface area (Å²) in [4.78, 5) is 20.1. The lowest BCUT2D eigenvalue weighted by molar-refractivity contribution is 0.0935. The highest BCUT2D eigenvalue weighted by molar-refractivity contribution is 7.91. The van der Waals surface area contributed by atoms with Crippen molar-refractivity contribution in [2.24, 2.45) is 0 Å². The number of sulfone groups is 1. The molecule has 1 fully saturated rings. The Kier molecular flexibility index (Phi) is 4.43. The van der Waals surface area contributed by atoms with Crippen LogP contribution in [0.3, 0.4) is 0 Å². The summed E-state index contributed by atoms with van der Waals surface area (Å²) in [6, 6.07) is 5.47. The van der Waals surface area contributed by atoms with E-state index in [1.807, 2.05) is 0 Å². The molecular formula is C15H15FN4O3S. The lowest BCUT2D eigenvalue weighted by Crippen LogP contribution is -2.36. The predicted octanol–water partition coefficient (Wildman–Crippen LogP) is 1.28. The van der Waals surface area contributed by atoms with Gasteiger partial charge in [0.05, 0.1) is 23.9 Å². The molecule has 2 N–H and O–H groups in total. The number of nitrogens with one attached hydrogen (secondary N) is 2. The molecule has 1 atom stereocenters. The van der Waals surface area contributed by atoms with E-state index in [1.165, 1.54) is 24.5 Å². The maximum atomic E-state index is 13.1. The predicted molar refractivity (Wildman–Crippen MR) is 86.2 cm³/mol. The van der Waals surface area contributed by atoms with Gasteiger partial charge in [-0.2, -0.15) is 0 Å². The average molecular weight is 350 g/mol. The minimum Gasteiger partial charge on any atom is -0.347 e. The number of benzene rings is 1. The van der Waals surface area contributed by atoms with Gasteiger partial charge in [-0.25, -0.2) is 22.8 Å². The zero-order valence-corrected chi connectivity index (χ0v) is 13.4. The molecule has 9 heteroatoms. The minimum absolute atomic E-state index is 0.0502. The quantitative estimate of drug-likeness (QED) is 0.861. The van der Waals surface area contributed by atoms with Gasteiger partial charge in [0, 0.05) is 11.7 Å². The number of hydrogen-bond donors (Lipinski definition) is 2. The fourth-order valence-corrected chi connectivity index (χ4v) is 4.07. The SMILES string of the molecule is O=C(NC1CCS(=O)(=O)C1)c1cnc(Nc2cccc(F)c2)cn1. The fourth-order valence-electron chi connectivity index (χ4n) is 2.39. The van der Waals surface area contributed by atoms with Gasteiger partial charge >= 0.3 is 0 Å². The number of halogens is 1. The molecule has 0 spiro atoms. The Morgan fingerprint density at radius 3 is 2.71 bits per heavy atom. The number of nitrogens with zero attached hydrogens (tertiary/aromatic N) is 2. The van der Waals surface area contributed by atoms with Gasteiger partial charge in [0.1, 0.15) is 17.3 Å². The Morgan fingerprint density at radius 1 is 1.25 bits per heavy atom. The summed E-state index contributed by atoms with van der Waals surface area (Å²) in [5.41, 5.74) is 0.599. The third-order valence-corrected chi connectivity index (χ3v) is 5.32. The Bertz CT molecular complexity index is 855. The van der Waals surface area contributed by atoms with Crippen molar-refractivity contribution < 1.29 is 17.6 Å². The van der Waals surface area contributed by atoms with Gasteiger partial charge in [0.2, 0.25) is 0 Å². The van der Waals surface area contributed by atoms with E-state index in [4.69, 9.17) is 0 Å². The fraction of sp³-hybridized carbons (Fsp3) is 0.267. The summed E-state index contributed by atoms with van der Waals surface area (Å²) in [6.45, 7) is 0. The van der Waals surface area contributed by atoms with Crippen molar-refractivity contribution in [1.82, 2.24) is 15.3 Å². The number of anilines is 2. The van der Waals surface area contributed by atoms with Crippen molar-refractivity contribution in [3.8, 4) is 0 Å². The molecule has 1 amide bonds. The maximum absolute atomic E-state index is 13.1. The second-order valence-corrected chi connectivity index (χ2v) is 7.72. The summed E-state index contributed by atoms with van der Waals surface area (Å²) >= 11 is 0. The highest BCUT2D eigenvalue weighted by atomic mass is 32.2. The van der Waals surface area contributed by atoms with Crippen molar-refractivity contribution in [1.29, 1.82) is 0 Å². The van der Waals surface area contributed by atoms with Crippen LogP contribution in [0.5, 0.6) is 0 Å². The van der Waals surface area contributed by atoms with Crippen LogP contribution >= 0.6 is 0 Å². The van der Waals surface area contributed by atoms with Crippen LogP contribution in [0.25, 0.3) is 0 Å². The van der Waals surface area contributed by atoms with Gasteiger partial charge in [-0.3, -0.25) is 4.79 Å². The van der Waals surface area contributed by atoms with E-state index in [0.717, 1.165) is 0 Å². The molecule has 1 aromatic heterocycles.